The van der Waals surface area contributed by atoms with E-state index in [0.717, 1.165) is 16.3 Å². The highest BCUT2D eigenvalue weighted by atomic mass is 16.5. The molecule has 0 bridgehead atoms. The third kappa shape index (κ3) is 5.30. The van der Waals surface area contributed by atoms with E-state index in [4.69, 9.17) is 13.6 Å². The Morgan fingerprint density at radius 1 is 0.971 bits per heavy atom. The summed E-state index contributed by atoms with van der Waals surface area (Å²) in [7, 11) is 0. The molecule has 5 rings (SSSR count). The standard InChI is InChI=1S/C28H22N2O5/c31-24(9-7-20-5-2-1-3-6-20)29-23-11-15-30(16-12-23)14-4-17-33-28-26-22(13-18-34-26)19-21-8-10-25(32)35-27(21)28/h1-3,5-13,15-16,18-19H,4,14,17H2/p+1/b9-7+. The van der Waals surface area contributed by atoms with E-state index in [1.54, 1.807) is 18.4 Å². The van der Waals surface area contributed by atoms with E-state index < -0.39 is 5.63 Å². The Hall–Kier alpha value is -4.65. The predicted molar refractivity (Wildman–Crippen MR) is 133 cm³/mol. The molecule has 5 aromatic rings. The van der Waals surface area contributed by atoms with Gasteiger partial charge in [-0.1, -0.05) is 30.3 Å². The minimum Gasteiger partial charge on any atom is -0.486 e. The first-order valence-electron chi connectivity index (χ1n) is 11.3. The molecule has 3 aromatic heterocycles. The van der Waals surface area contributed by atoms with Gasteiger partial charge < -0.3 is 18.9 Å². The molecule has 7 heteroatoms. The number of ether oxygens (including phenoxy) is 1. The van der Waals surface area contributed by atoms with Gasteiger partial charge in [0.05, 0.1) is 18.6 Å². The number of benzene rings is 2. The van der Waals surface area contributed by atoms with Gasteiger partial charge >= 0.3 is 5.63 Å². The van der Waals surface area contributed by atoms with Crippen molar-refractivity contribution in [1.29, 1.82) is 0 Å². The Bertz CT molecular complexity index is 1550. The quantitative estimate of drug-likeness (QED) is 0.151. The summed E-state index contributed by atoms with van der Waals surface area (Å²) in [6.07, 6.45) is 9.39. The van der Waals surface area contributed by atoms with Crippen molar-refractivity contribution >= 4 is 39.6 Å². The maximum absolute atomic E-state index is 12.1. The van der Waals surface area contributed by atoms with Crippen LogP contribution in [0.4, 0.5) is 5.69 Å². The lowest BCUT2D eigenvalue weighted by atomic mass is 10.1. The summed E-state index contributed by atoms with van der Waals surface area (Å²) in [4.78, 5) is 23.9. The van der Waals surface area contributed by atoms with Crippen LogP contribution < -0.4 is 20.2 Å². The van der Waals surface area contributed by atoms with Crippen LogP contribution in [0.3, 0.4) is 0 Å². The molecule has 0 unspecified atom stereocenters. The van der Waals surface area contributed by atoms with Crippen molar-refractivity contribution in [2.75, 3.05) is 11.9 Å². The Morgan fingerprint density at radius 3 is 2.60 bits per heavy atom. The summed E-state index contributed by atoms with van der Waals surface area (Å²) in [6.45, 7) is 1.11. The number of furan rings is 1. The second-order valence-corrected chi connectivity index (χ2v) is 7.98. The lowest BCUT2D eigenvalue weighted by Crippen LogP contribution is -2.33. The van der Waals surface area contributed by atoms with Gasteiger partial charge in [0.1, 0.15) is 0 Å². The highest BCUT2D eigenvalue weighted by molar-refractivity contribution is 6.02. The van der Waals surface area contributed by atoms with E-state index >= 15 is 0 Å². The van der Waals surface area contributed by atoms with E-state index in [1.807, 2.05) is 71.6 Å². The molecule has 3 heterocycles. The largest absolute Gasteiger partial charge is 0.486 e. The van der Waals surface area contributed by atoms with Crippen LogP contribution in [-0.2, 0) is 11.3 Å². The number of anilines is 1. The Kier molecular flexibility index (Phi) is 6.39. The summed E-state index contributed by atoms with van der Waals surface area (Å²) in [6, 6.07) is 20.2. The summed E-state index contributed by atoms with van der Waals surface area (Å²) >= 11 is 0. The van der Waals surface area contributed by atoms with Crippen LogP contribution in [0.1, 0.15) is 12.0 Å². The maximum Gasteiger partial charge on any atom is 0.336 e. The second kappa shape index (κ2) is 10.1. The Labute approximate surface area is 200 Å². The van der Waals surface area contributed by atoms with Crippen molar-refractivity contribution in [2.24, 2.45) is 0 Å². The normalized spacial score (nSPS) is 11.3. The molecule has 0 saturated heterocycles. The van der Waals surface area contributed by atoms with E-state index in [-0.39, 0.29) is 5.91 Å². The van der Waals surface area contributed by atoms with Gasteiger partial charge in [0, 0.05) is 41.5 Å². The monoisotopic (exact) mass is 467 g/mol. The number of pyridine rings is 1. The van der Waals surface area contributed by atoms with Crippen LogP contribution in [0.25, 0.3) is 28.0 Å². The molecule has 1 N–H and O–H groups in total. The van der Waals surface area contributed by atoms with Gasteiger partial charge in [-0.05, 0) is 29.8 Å². The number of aryl methyl sites for hydroxylation is 1. The SMILES string of the molecule is O=C(/C=C/c1ccccc1)Nc1cc[n+](CCCOc2c3occc3cc3ccc(=O)oc23)cc1. The van der Waals surface area contributed by atoms with Gasteiger partial charge in [-0.15, -0.1) is 0 Å². The smallest absolute Gasteiger partial charge is 0.336 e. The molecule has 1 amide bonds. The van der Waals surface area contributed by atoms with E-state index in [9.17, 15) is 9.59 Å². The molecule has 174 valence electrons. The first-order valence-corrected chi connectivity index (χ1v) is 11.3. The van der Waals surface area contributed by atoms with Gasteiger partial charge in [0.25, 0.3) is 0 Å². The molecule has 35 heavy (non-hydrogen) atoms. The lowest BCUT2D eigenvalue weighted by molar-refractivity contribution is -0.697. The fourth-order valence-corrected chi connectivity index (χ4v) is 3.77. The number of rotatable bonds is 8. The van der Waals surface area contributed by atoms with Crippen molar-refractivity contribution in [3.05, 3.63) is 107 Å². The molecular formula is C28H23N2O5+. The van der Waals surface area contributed by atoms with Crippen LogP contribution in [0.2, 0.25) is 0 Å². The molecule has 0 fully saturated rings. The number of carbonyl (C=O) groups excluding carboxylic acids is 1. The Balaban J connectivity index is 1.17. The van der Waals surface area contributed by atoms with E-state index in [1.165, 1.54) is 12.1 Å². The Morgan fingerprint density at radius 2 is 1.77 bits per heavy atom. The molecular weight excluding hydrogens is 444 g/mol. The van der Waals surface area contributed by atoms with Gasteiger partial charge in [0.2, 0.25) is 11.7 Å². The lowest BCUT2D eigenvalue weighted by Gasteiger charge is -2.08. The number of nitrogens with zero attached hydrogens (tertiary/aromatic N) is 1. The highest BCUT2D eigenvalue weighted by Crippen LogP contribution is 2.34. The number of fused-ring (bicyclic) bond motifs is 2. The zero-order valence-corrected chi connectivity index (χ0v) is 18.8. The molecule has 0 atom stereocenters. The zero-order chi connectivity index (χ0) is 24.0. The average molecular weight is 468 g/mol. The van der Waals surface area contributed by atoms with Crippen LogP contribution in [0.15, 0.2) is 105 Å². The highest BCUT2D eigenvalue weighted by Gasteiger charge is 2.15. The topological polar surface area (TPSA) is 85.6 Å². The number of hydrogen-bond acceptors (Lipinski definition) is 5. The van der Waals surface area contributed by atoms with Crippen molar-refractivity contribution in [3.63, 3.8) is 0 Å². The predicted octanol–water partition coefficient (Wildman–Crippen LogP) is 4.95. The second-order valence-electron chi connectivity index (χ2n) is 7.98. The third-order valence-corrected chi connectivity index (χ3v) is 5.48. The minimum absolute atomic E-state index is 0.189. The fraction of sp³-hybridized carbons (Fsp3) is 0.107. The molecule has 0 radical (unpaired) electrons. The molecule has 0 spiro atoms. The molecule has 0 aliphatic carbocycles. The minimum atomic E-state index is -0.438. The van der Waals surface area contributed by atoms with Crippen LogP contribution in [0.5, 0.6) is 5.75 Å². The first kappa shape index (κ1) is 22.2. The molecule has 0 saturated carbocycles. The number of nitrogens with one attached hydrogen (secondary N) is 1. The summed E-state index contributed by atoms with van der Waals surface area (Å²) in [5.41, 5.74) is 2.18. The molecule has 0 aliphatic rings. The third-order valence-electron chi connectivity index (χ3n) is 5.48. The summed E-state index contributed by atoms with van der Waals surface area (Å²) < 4.78 is 19.0. The van der Waals surface area contributed by atoms with Crippen molar-refractivity contribution < 1.29 is 22.9 Å². The fourth-order valence-electron chi connectivity index (χ4n) is 3.77. The van der Waals surface area contributed by atoms with Crippen molar-refractivity contribution in [1.82, 2.24) is 0 Å². The van der Waals surface area contributed by atoms with E-state index in [2.05, 4.69) is 5.32 Å². The maximum atomic E-state index is 12.1. The van der Waals surface area contributed by atoms with Crippen LogP contribution >= 0.6 is 0 Å². The van der Waals surface area contributed by atoms with Gasteiger partial charge in [-0.25, -0.2) is 9.36 Å². The zero-order valence-electron chi connectivity index (χ0n) is 18.8. The van der Waals surface area contributed by atoms with Crippen LogP contribution in [-0.4, -0.2) is 12.5 Å². The van der Waals surface area contributed by atoms with Gasteiger partial charge in [0.15, 0.2) is 30.1 Å². The van der Waals surface area contributed by atoms with E-state index in [0.29, 0.717) is 42.2 Å². The molecule has 2 aromatic carbocycles. The van der Waals surface area contributed by atoms with Gasteiger partial charge in [-0.3, -0.25) is 4.79 Å². The number of carbonyl (C=O) groups is 1. The number of aromatic nitrogens is 1. The van der Waals surface area contributed by atoms with Crippen molar-refractivity contribution in [2.45, 2.75) is 13.0 Å². The summed E-state index contributed by atoms with van der Waals surface area (Å²) in [5.74, 6) is 0.248. The first-order chi connectivity index (χ1) is 17.2. The van der Waals surface area contributed by atoms with Gasteiger partial charge in [-0.2, -0.15) is 0 Å². The van der Waals surface area contributed by atoms with Crippen LogP contribution in [0, 0.1) is 0 Å². The van der Waals surface area contributed by atoms with Crippen molar-refractivity contribution in [3.8, 4) is 5.75 Å². The molecule has 7 nitrogen and oxygen atoms in total. The summed E-state index contributed by atoms with van der Waals surface area (Å²) in [5, 5.41) is 4.51. The average Bonchev–Trinajstić information content (AvgIpc) is 3.35. The number of hydrogen-bond donors (Lipinski definition) is 1. The number of amides is 1. The molecule has 0 aliphatic heterocycles.